The first kappa shape index (κ1) is 19.5. The number of alkyl halides is 3. The Morgan fingerprint density at radius 1 is 1.23 bits per heavy atom. The van der Waals surface area contributed by atoms with Crippen LogP contribution in [0.15, 0.2) is 30.3 Å². The molecule has 0 saturated carbocycles. The quantitative estimate of drug-likeness (QED) is 0.820. The molecule has 2 aromatic rings. The third kappa shape index (κ3) is 4.84. The number of carbonyl (C=O) groups excluding carboxylic acids is 1. The molecule has 0 radical (unpaired) electrons. The van der Waals surface area contributed by atoms with Gasteiger partial charge in [-0.15, -0.1) is 0 Å². The van der Waals surface area contributed by atoms with E-state index in [0.717, 1.165) is 5.69 Å². The van der Waals surface area contributed by atoms with E-state index in [0.29, 0.717) is 17.0 Å². The third-order valence-electron chi connectivity index (χ3n) is 3.85. The van der Waals surface area contributed by atoms with Crippen LogP contribution in [0, 0.1) is 13.8 Å². The summed E-state index contributed by atoms with van der Waals surface area (Å²) in [7, 11) is 0. The van der Waals surface area contributed by atoms with Crippen LogP contribution < -0.4 is 5.32 Å². The molecule has 2 rings (SSSR count). The number of carboxylic acid groups (broad SMARTS) is 1. The molecule has 26 heavy (non-hydrogen) atoms. The van der Waals surface area contributed by atoms with Crippen LogP contribution in [0.1, 0.15) is 23.4 Å². The maximum atomic E-state index is 12.4. The zero-order valence-electron chi connectivity index (χ0n) is 14.2. The highest BCUT2D eigenvalue weighted by Gasteiger charge is 2.36. The molecule has 0 fully saturated rings. The summed E-state index contributed by atoms with van der Waals surface area (Å²) in [5, 5.41) is 15.2. The van der Waals surface area contributed by atoms with Crippen molar-refractivity contribution in [3.05, 3.63) is 47.3 Å². The number of nitrogens with one attached hydrogen (secondary N) is 1. The molecule has 1 heterocycles. The van der Waals surface area contributed by atoms with E-state index in [9.17, 15) is 22.8 Å². The molecule has 1 aromatic carbocycles. The number of halogens is 3. The van der Waals surface area contributed by atoms with Gasteiger partial charge in [0, 0.05) is 11.3 Å². The molecule has 6 nitrogen and oxygen atoms in total. The Bertz CT molecular complexity index is 801. The predicted octanol–water partition coefficient (Wildman–Crippen LogP) is 2.55. The number of carbonyl (C=O) groups is 2. The average molecular weight is 369 g/mol. The molecule has 1 aromatic heterocycles. The van der Waals surface area contributed by atoms with Gasteiger partial charge in [-0.05, 0) is 26.0 Å². The van der Waals surface area contributed by atoms with Crippen molar-refractivity contribution in [1.29, 1.82) is 0 Å². The molecule has 140 valence electrons. The van der Waals surface area contributed by atoms with Crippen molar-refractivity contribution >= 4 is 11.9 Å². The third-order valence-corrected chi connectivity index (χ3v) is 3.85. The lowest BCUT2D eigenvalue weighted by Crippen LogP contribution is -2.44. The molecule has 0 spiro atoms. The summed E-state index contributed by atoms with van der Waals surface area (Å²) in [4.78, 5) is 23.0. The predicted molar refractivity (Wildman–Crippen MR) is 87.0 cm³/mol. The molecule has 0 aliphatic heterocycles. The molecule has 1 unspecified atom stereocenters. The van der Waals surface area contributed by atoms with E-state index in [-0.39, 0.29) is 6.42 Å². The van der Waals surface area contributed by atoms with Crippen molar-refractivity contribution in [2.45, 2.75) is 38.9 Å². The highest BCUT2D eigenvalue weighted by Crippen LogP contribution is 2.22. The van der Waals surface area contributed by atoms with Crippen LogP contribution in [0.5, 0.6) is 0 Å². The Hall–Kier alpha value is -2.84. The van der Waals surface area contributed by atoms with Crippen molar-refractivity contribution in [3.63, 3.8) is 0 Å². The summed E-state index contributed by atoms with van der Waals surface area (Å²) in [6, 6.07) is 7.13. The van der Waals surface area contributed by atoms with Crippen LogP contribution in [0.2, 0.25) is 0 Å². The SMILES string of the molecule is Cc1nn(-c2ccccc2)c(C)c1CC(=O)NC(CC(F)(F)F)C(=O)O. The van der Waals surface area contributed by atoms with Gasteiger partial charge in [0.2, 0.25) is 5.91 Å². The lowest BCUT2D eigenvalue weighted by Gasteiger charge is -2.16. The second-order valence-electron chi connectivity index (χ2n) is 5.85. The minimum atomic E-state index is -4.69. The first-order valence-electron chi connectivity index (χ1n) is 7.78. The number of benzene rings is 1. The zero-order chi connectivity index (χ0) is 19.5. The number of nitrogens with zero attached hydrogens (tertiary/aromatic N) is 2. The maximum absolute atomic E-state index is 12.4. The highest BCUT2D eigenvalue weighted by atomic mass is 19.4. The lowest BCUT2D eigenvalue weighted by molar-refractivity contribution is -0.159. The first-order chi connectivity index (χ1) is 12.1. The number of aryl methyl sites for hydroxylation is 1. The fourth-order valence-electron chi connectivity index (χ4n) is 2.59. The summed E-state index contributed by atoms with van der Waals surface area (Å²) in [5.41, 5.74) is 2.53. The Kier molecular flexibility index (Phi) is 5.69. The van der Waals surface area contributed by atoms with E-state index in [4.69, 9.17) is 5.11 Å². The van der Waals surface area contributed by atoms with Gasteiger partial charge in [-0.2, -0.15) is 18.3 Å². The van der Waals surface area contributed by atoms with Crippen LogP contribution >= 0.6 is 0 Å². The summed E-state index contributed by atoms with van der Waals surface area (Å²) >= 11 is 0. The van der Waals surface area contributed by atoms with Gasteiger partial charge in [-0.1, -0.05) is 18.2 Å². The number of aliphatic carboxylic acids is 1. The number of amides is 1. The molecule has 0 saturated heterocycles. The van der Waals surface area contributed by atoms with E-state index < -0.39 is 30.5 Å². The molecule has 0 aliphatic rings. The fourth-order valence-corrected chi connectivity index (χ4v) is 2.59. The molecular formula is C17H18F3N3O3. The van der Waals surface area contributed by atoms with Crippen LogP contribution in [0.3, 0.4) is 0 Å². The zero-order valence-corrected chi connectivity index (χ0v) is 14.2. The normalized spacial score (nSPS) is 12.7. The molecule has 9 heteroatoms. The van der Waals surface area contributed by atoms with Gasteiger partial charge < -0.3 is 10.4 Å². The van der Waals surface area contributed by atoms with Crippen molar-refractivity contribution in [1.82, 2.24) is 15.1 Å². The Balaban J connectivity index is 2.16. The van der Waals surface area contributed by atoms with Crippen LogP contribution in [-0.4, -0.2) is 39.0 Å². The van der Waals surface area contributed by atoms with Crippen molar-refractivity contribution in [2.75, 3.05) is 0 Å². The minimum Gasteiger partial charge on any atom is -0.480 e. The fraction of sp³-hybridized carbons (Fsp3) is 0.353. The van der Waals surface area contributed by atoms with Gasteiger partial charge in [0.05, 0.1) is 24.2 Å². The minimum absolute atomic E-state index is 0.258. The molecule has 1 amide bonds. The molecule has 0 aliphatic carbocycles. The van der Waals surface area contributed by atoms with Crippen LogP contribution in [0.4, 0.5) is 13.2 Å². The number of rotatable bonds is 6. The van der Waals surface area contributed by atoms with Gasteiger partial charge in [-0.25, -0.2) is 9.48 Å². The number of hydrogen-bond donors (Lipinski definition) is 2. The summed E-state index contributed by atoms with van der Waals surface area (Å²) < 4.78 is 38.9. The summed E-state index contributed by atoms with van der Waals surface area (Å²) in [5.74, 6) is -2.54. The van der Waals surface area contributed by atoms with E-state index in [2.05, 4.69) is 5.10 Å². The summed E-state index contributed by atoms with van der Waals surface area (Å²) in [6.45, 7) is 3.42. The first-order valence-corrected chi connectivity index (χ1v) is 7.78. The molecule has 2 N–H and O–H groups in total. The van der Waals surface area contributed by atoms with E-state index >= 15 is 0 Å². The Morgan fingerprint density at radius 3 is 2.38 bits per heavy atom. The maximum Gasteiger partial charge on any atom is 0.391 e. The largest absolute Gasteiger partial charge is 0.480 e. The van der Waals surface area contributed by atoms with Gasteiger partial charge in [0.25, 0.3) is 0 Å². The summed E-state index contributed by atoms with van der Waals surface area (Å²) in [6.07, 6.45) is -6.58. The van der Waals surface area contributed by atoms with E-state index in [1.54, 1.807) is 18.5 Å². The monoisotopic (exact) mass is 369 g/mol. The smallest absolute Gasteiger partial charge is 0.391 e. The molecule has 0 bridgehead atoms. The van der Waals surface area contributed by atoms with E-state index in [1.807, 2.05) is 35.6 Å². The van der Waals surface area contributed by atoms with Crippen molar-refractivity contribution in [2.24, 2.45) is 0 Å². The number of carboxylic acids is 1. The topological polar surface area (TPSA) is 84.2 Å². The second kappa shape index (κ2) is 7.59. The number of hydrogen-bond acceptors (Lipinski definition) is 3. The molecule has 1 atom stereocenters. The Morgan fingerprint density at radius 2 is 1.85 bits per heavy atom. The standard InChI is InChI=1S/C17H18F3N3O3/c1-10-13(11(2)23(22-10)12-6-4-3-5-7-12)8-15(24)21-14(16(25)26)9-17(18,19)20/h3-7,14H,8-9H2,1-2H3,(H,21,24)(H,25,26). The average Bonchev–Trinajstić information content (AvgIpc) is 2.82. The molecular weight excluding hydrogens is 351 g/mol. The lowest BCUT2D eigenvalue weighted by atomic mass is 10.1. The van der Waals surface area contributed by atoms with Gasteiger partial charge in [-0.3, -0.25) is 4.79 Å². The second-order valence-corrected chi connectivity index (χ2v) is 5.85. The highest BCUT2D eigenvalue weighted by molar-refractivity contribution is 5.85. The number of para-hydroxylation sites is 1. The van der Waals surface area contributed by atoms with Crippen LogP contribution in [-0.2, 0) is 16.0 Å². The van der Waals surface area contributed by atoms with Crippen molar-refractivity contribution in [3.8, 4) is 5.69 Å². The van der Waals surface area contributed by atoms with Crippen LogP contribution in [0.25, 0.3) is 5.69 Å². The van der Waals surface area contributed by atoms with E-state index in [1.165, 1.54) is 0 Å². The Labute approximate surface area is 147 Å². The van der Waals surface area contributed by atoms with Gasteiger partial charge in [0.1, 0.15) is 6.04 Å². The van der Waals surface area contributed by atoms with Gasteiger partial charge >= 0.3 is 12.1 Å². The number of aromatic nitrogens is 2. The van der Waals surface area contributed by atoms with Gasteiger partial charge in [0.15, 0.2) is 0 Å². The van der Waals surface area contributed by atoms with Crippen molar-refractivity contribution < 1.29 is 27.9 Å².